The maximum Gasteiger partial charge on any atom is 0.253 e. The highest BCUT2D eigenvalue weighted by atomic mass is 16.4. The second-order valence-electron chi connectivity index (χ2n) is 8.56. The number of hydrazone groups is 1. The maximum absolute atomic E-state index is 12.4. The summed E-state index contributed by atoms with van der Waals surface area (Å²) < 4.78 is 8.59. The molecule has 7 nitrogen and oxygen atoms in total. The van der Waals surface area contributed by atoms with Gasteiger partial charge in [-0.1, -0.05) is 24.3 Å². The highest BCUT2D eigenvalue weighted by molar-refractivity contribution is 6.13. The molecule has 2 aromatic rings. The smallest absolute Gasteiger partial charge is 0.253 e. The lowest BCUT2D eigenvalue weighted by atomic mass is 9.90. The molecule has 0 atom stereocenters. The Bertz CT molecular complexity index is 1560. The predicted octanol–water partition coefficient (Wildman–Crippen LogP) is 3.49. The lowest BCUT2D eigenvalue weighted by Gasteiger charge is -2.19. The maximum atomic E-state index is 12.4. The van der Waals surface area contributed by atoms with Gasteiger partial charge < -0.3 is 14.3 Å². The first kappa shape index (κ1) is 22.5. The number of fused-ring (bicyclic) bond motifs is 2. The number of rotatable bonds is 5. The Morgan fingerprint density at radius 2 is 1.83 bits per heavy atom. The monoisotopic (exact) mass is 467 g/mol. The van der Waals surface area contributed by atoms with Crippen molar-refractivity contribution in [1.82, 2.24) is 4.58 Å². The van der Waals surface area contributed by atoms with Gasteiger partial charge in [-0.2, -0.15) is 5.10 Å². The van der Waals surface area contributed by atoms with Crippen LogP contribution in [0.25, 0.3) is 33.4 Å². The Morgan fingerprint density at radius 1 is 1.06 bits per heavy atom. The van der Waals surface area contributed by atoms with Crippen molar-refractivity contribution in [2.45, 2.75) is 27.2 Å². The second-order valence-corrected chi connectivity index (χ2v) is 8.56. The first-order valence-electron chi connectivity index (χ1n) is 11.7. The number of nitrogens with zero attached hydrogens (tertiary/aromatic N) is 3. The van der Waals surface area contributed by atoms with Crippen LogP contribution < -0.4 is 20.0 Å². The Kier molecular flexibility index (Phi) is 5.68. The van der Waals surface area contributed by atoms with Gasteiger partial charge in [0.1, 0.15) is 24.4 Å². The van der Waals surface area contributed by atoms with E-state index in [-0.39, 0.29) is 17.9 Å². The molecule has 1 aliphatic carbocycles. The summed E-state index contributed by atoms with van der Waals surface area (Å²) in [6.45, 7) is 7.69. The molecule has 0 fully saturated rings. The molecule has 7 heteroatoms. The fourth-order valence-electron chi connectivity index (χ4n) is 4.71. The molecule has 0 spiro atoms. The molecular weight excluding hydrogens is 442 g/mol. The van der Waals surface area contributed by atoms with Gasteiger partial charge in [0.15, 0.2) is 0 Å². The zero-order valence-electron chi connectivity index (χ0n) is 19.9. The van der Waals surface area contributed by atoms with Crippen molar-refractivity contribution in [3.05, 3.63) is 71.6 Å². The van der Waals surface area contributed by atoms with E-state index < -0.39 is 5.97 Å². The van der Waals surface area contributed by atoms with Crippen molar-refractivity contribution in [3.8, 4) is 22.5 Å². The fourth-order valence-corrected chi connectivity index (χ4v) is 4.71. The summed E-state index contributed by atoms with van der Waals surface area (Å²) in [4.78, 5) is 24.4. The topological polar surface area (TPSA) is 89.0 Å². The van der Waals surface area contributed by atoms with Crippen molar-refractivity contribution in [2.24, 2.45) is 5.10 Å². The quantitative estimate of drug-likeness (QED) is 0.332. The molecule has 35 heavy (non-hydrogen) atoms. The third-order valence-corrected chi connectivity index (χ3v) is 6.39. The predicted molar refractivity (Wildman–Crippen MR) is 134 cm³/mol. The number of hydrogen-bond donors (Lipinski definition) is 0. The van der Waals surface area contributed by atoms with Crippen LogP contribution in [0, 0.1) is 0 Å². The molecule has 2 aromatic carbocycles. The molecule has 0 aromatic heterocycles. The fraction of sp³-hybridized carbons (Fsp3) is 0.214. The van der Waals surface area contributed by atoms with E-state index in [0.29, 0.717) is 22.6 Å². The minimum Gasteiger partial charge on any atom is -0.545 e. The van der Waals surface area contributed by atoms with Gasteiger partial charge in [0.2, 0.25) is 5.36 Å². The lowest BCUT2D eigenvalue weighted by Crippen LogP contribution is -2.29. The van der Waals surface area contributed by atoms with Crippen molar-refractivity contribution >= 4 is 34.2 Å². The number of hydrogen-bond acceptors (Lipinski definition) is 5. The summed E-state index contributed by atoms with van der Waals surface area (Å²) in [5, 5.41) is 19.5. The van der Waals surface area contributed by atoms with E-state index in [0.717, 1.165) is 40.7 Å². The Hall–Kier alpha value is -4.26. The molecular formula is C28H25N3O4. The normalized spacial score (nSPS) is 13.5. The number of carboxylic acid groups (broad SMARTS) is 1. The molecule has 2 heterocycles. The molecule has 0 unspecified atom stereocenters. The van der Waals surface area contributed by atoms with Crippen molar-refractivity contribution < 1.29 is 19.1 Å². The molecule has 176 valence electrons. The first-order valence-corrected chi connectivity index (χ1v) is 11.7. The van der Waals surface area contributed by atoms with Crippen LogP contribution in [0.15, 0.2) is 70.2 Å². The van der Waals surface area contributed by atoms with Crippen LogP contribution in [0.1, 0.15) is 37.6 Å². The average Bonchev–Trinajstić information content (AvgIpc) is 3.20. The zero-order chi connectivity index (χ0) is 24.7. The number of aromatic carboxylic acids is 1. The summed E-state index contributed by atoms with van der Waals surface area (Å²) in [6, 6.07) is 18.2. The number of carboxylic acids is 1. The van der Waals surface area contributed by atoms with E-state index in [1.54, 1.807) is 30.3 Å². The van der Waals surface area contributed by atoms with Gasteiger partial charge in [0.05, 0.1) is 24.1 Å². The summed E-state index contributed by atoms with van der Waals surface area (Å²) in [5.74, 6) is -0.727. The Morgan fingerprint density at radius 3 is 2.51 bits per heavy atom. The number of anilines is 1. The number of amides is 1. The van der Waals surface area contributed by atoms with Crippen molar-refractivity contribution in [1.29, 1.82) is 0 Å². The molecule has 1 amide bonds. The molecule has 5 rings (SSSR count). The van der Waals surface area contributed by atoms with E-state index in [1.165, 1.54) is 5.01 Å². The molecule has 0 N–H and O–H groups in total. The largest absolute Gasteiger partial charge is 0.545 e. The number of carbonyl (C=O) groups excluding carboxylic acids is 2. The van der Waals surface area contributed by atoms with Crippen molar-refractivity contribution in [3.63, 3.8) is 0 Å². The van der Waals surface area contributed by atoms with Gasteiger partial charge in [-0.05, 0) is 44.5 Å². The van der Waals surface area contributed by atoms with E-state index in [2.05, 4.69) is 23.5 Å². The minimum absolute atomic E-state index is 0.103. The average molecular weight is 468 g/mol. The molecule has 0 saturated heterocycles. The second kappa shape index (κ2) is 8.83. The Labute approximate surface area is 202 Å². The van der Waals surface area contributed by atoms with Gasteiger partial charge in [-0.3, -0.25) is 4.79 Å². The van der Waals surface area contributed by atoms with Gasteiger partial charge in [-0.25, -0.2) is 9.58 Å². The summed E-state index contributed by atoms with van der Waals surface area (Å²) >= 11 is 0. The van der Waals surface area contributed by atoms with Crippen molar-refractivity contribution in [2.75, 3.05) is 18.1 Å². The van der Waals surface area contributed by atoms with Gasteiger partial charge in [0, 0.05) is 39.9 Å². The number of benzene rings is 3. The van der Waals surface area contributed by atoms with Crippen LogP contribution >= 0.6 is 0 Å². The van der Waals surface area contributed by atoms with E-state index >= 15 is 0 Å². The molecule has 0 bridgehead atoms. The first-order chi connectivity index (χ1) is 16.9. The lowest BCUT2D eigenvalue weighted by molar-refractivity contribution is -0.254. The standard InChI is InChI=1S/C28H25N3O4/c1-4-30(5-2)18-10-12-22-24(15-18)35-25-16-19(31-26(32)14-17(3)29-31)11-13-23(25)27(22)20-8-6-7-9-21(20)28(33)34/h6-13,15-16H,4-5,14H2,1-3H3. The highest BCUT2D eigenvalue weighted by Crippen LogP contribution is 2.42. The van der Waals surface area contributed by atoms with E-state index in [9.17, 15) is 14.7 Å². The van der Waals surface area contributed by atoms with Gasteiger partial charge >= 0.3 is 0 Å². The van der Waals surface area contributed by atoms with E-state index in [1.807, 2.05) is 37.3 Å². The van der Waals surface area contributed by atoms with Crippen LogP contribution in [0.3, 0.4) is 0 Å². The van der Waals surface area contributed by atoms with Crippen LogP contribution in [-0.2, 0) is 4.79 Å². The molecule has 2 aliphatic heterocycles. The van der Waals surface area contributed by atoms with Gasteiger partial charge in [0.25, 0.3) is 5.91 Å². The third kappa shape index (κ3) is 3.89. The Balaban J connectivity index is 1.86. The zero-order valence-corrected chi connectivity index (χ0v) is 19.9. The third-order valence-electron chi connectivity index (χ3n) is 6.39. The minimum atomic E-state index is -1.24. The molecule has 0 radical (unpaired) electrons. The molecule has 0 saturated carbocycles. The highest BCUT2D eigenvalue weighted by Gasteiger charge is 2.25. The van der Waals surface area contributed by atoms with Gasteiger partial charge in [-0.15, -0.1) is 0 Å². The van der Waals surface area contributed by atoms with Crippen LogP contribution in [0.4, 0.5) is 5.69 Å². The summed E-state index contributed by atoms with van der Waals surface area (Å²) in [5.41, 5.74) is 4.06. The van der Waals surface area contributed by atoms with Crippen LogP contribution in [0.2, 0.25) is 0 Å². The SMILES string of the molecule is CC[N+](CC)=c1ccc2c(-c3ccccc3C(=O)[O-])c3ccc(N4N=C(C)CC4=O)cc3oc-2c1. The van der Waals surface area contributed by atoms with Crippen LogP contribution in [0.5, 0.6) is 0 Å². The van der Waals surface area contributed by atoms with Crippen LogP contribution in [-0.4, -0.2) is 30.7 Å². The summed E-state index contributed by atoms with van der Waals surface area (Å²) in [7, 11) is 0. The molecule has 3 aliphatic rings. The summed E-state index contributed by atoms with van der Waals surface area (Å²) in [6.07, 6.45) is 0.282. The van der Waals surface area contributed by atoms with E-state index in [4.69, 9.17) is 4.42 Å². The number of carbonyl (C=O) groups is 2.